The van der Waals surface area contributed by atoms with Crippen LogP contribution in [0.15, 0.2) is 36.4 Å². The van der Waals surface area contributed by atoms with Crippen LogP contribution in [0, 0.1) is 0 Å². The van der Waals surface area contributed by atoms with Gasteiger partial charge in [-0.1, -0.05) is 30.3 Å². The number of hydrogen-bond donors (Lipinski definition) is 1. The number of morpholine rings is 1. The molecule has 0 saturated carbocycles. The molecule has 1 aliphatic heterocycles. The topological polar surface area (TPSA) is 64.3 Å². The van der Waals surface area contributed by atoms with E-state index in [2.05, 4.69) is 28.7 Å². The molecule has 2 aromatic rings. The highest BCUT2D eigenvalue weighted by Gasteiger charge is 2.23. The van der Waals surface area contributed by atoms with Gasteiger partial charge in [-0.25, -0.2) is 9.97 Å². The van der Waals surface area contributed by atoms with Gasteiger partial charge in [0.05, 0.1) is 12.2 Å². The number of nitrogens with zero attached hydrogens (tertiary/aromatic N) is 3. The van der Waals surface area contributed by atoms with E-state index in [1.807, 2.05) is 36.4 Å². The maximum absolute atomic E-state index is 5.96. The number of aromatic nitrogens is 2. The Labute approximate surface area is 124 Å². The summed E-state index contributed by atoms with van der Waals surface area (Å²) in [5.74, 6) is 2.02. The predicted molar refractivity (Wildman–Crippen MR) is 84.1 cm³/mol. The van der Waals surface area contributed by atoms with Gasteiger partial charge in [-0.05, 0) is 13.8 Å². The molecule has 21 heavy (non-hydrogen) atoms. The Morgan fingerprint density at radius 3 is 2.43 bits per heavy atom. The van der Waals surface area contributed by atoms with Gasteiger partial charge < -0.3 is 15.4 Å². The summed E-state index contributed by atoms with van der Waals surface area (Å²) < 4.78 is 5.77. The molecule has 2 N–H and O–H groups in total. The number of rotatable bonds is 2. The Morgan fingerprint density at radius 2 is 1.76 bits per heavy atom. The third kappa shape index (κ3) is 3.13. The van der Waals surface area contributed by atoms with Gasteiger partial charge >= 0.3 is 0 Å². The van der Waals surface area contributed by atoms with Crippen molar-refractivity contribution in [3.8, 4) is 11.4 Å². The number of anilines is 2. The molecule has 1 aromatic carbocycles. The van der Waals surface area contributed by atoms with Crippen molar-refractivity contribution in [3.05, 3.63) is 36.4 Å². The summed E-state index contributed by atoms with van der Waals surface area (Å²) in [6.45, 7) is 5.78. The van der Waals surface area contributed by atoms with Crippen LogP contribution >= 0.6 is 0 Å². The van der Waals surface area contributed by atoms with Crippen LogP contribution in [0.3, 0.4) is 0 Å². The molecule has 0 spiro atoms. The summed E-state index contributed by atoms with van der Waals surface area (Å²) in [6, 6.07) is 11.7. The van der Waals surface area contributed by atoms with E-state index < -0.39 is 0 Å². The molecule has 2 heterocycles. The highest BCUT2D eigenvalue weighted by atomic mass is 16.5. The third-order valence-electron chi connectivity index (χ3n) is 3.51. The third-order valence-corrected chi connectivity index (χ3v) is 3.51. The predicted octanol–water partition coefficient (Wildman–Crippen LogP) is 2.34. The molecule has 1 aliphatic rings. The molecule has 5 heteroatoms. The van der Waals surface area contributed by atoms with Crippen LogP contribution in [0.5, 0.6) is 0 Å². The fourth-order valence-corrected chi connectivity index (χ4v) is 2.70. The zero-order valence-electron chi connectivity index (χ0n) is 12.4. The van der Waals surface area contributed by atoms with E-state index in [9.17, 15) is 0 Å². The van der Waals surface area contributed by atoms with Crippen LogP contribution in [0.25, 0.3) is 11.4 Å². The molecule has 5 nitrogen and oxygen atoms in total. The van der Waals surface area contributed by atoms with Crippen LogP contribution in [0.4, 0.5) is 11.6 Å². The summed E-state index contributed by atoms with van der Waals surface area (Å²) in [5, 5.41) is 0. The SMILES string of the molecule is CC1CN(c2cc(N)nc(-c3ccccc3)n2)CC(C)O1. The van der Waals surface area contributed by atoms with Crippen molar-refractivity contribution in [2.75, 3.05) is 23.7 Å². The van der Waals surface area contributed by atoms with E-state index >= 15 is 0 Å². The van der Waals surface area contributed by atoms with Crippen LogP contribution < -0.4 is 10.6 Å². The molecular weight excluding hydrogens is 264 g/mol. The molecular formula is C16H20N4O. The largest absolute Gasteiger partial charge is 0.384 e. The fraction of sp³-hybridized carbons (Fsp3) is 0.375. The molecule has 2 atom stereocenters. The maximum Gasteiger partial charge on any atom is 0.163 e. The first-order valence-corrected chi connectivity index (χ1v) is 7.22. The standard InChI is InChI=1S/C16H20N4O/c1-11-9-20(10-12(2)21-11)15-8-14(17)18-16(19-15)13-6-4-3-5-7-13/h3-8,11-12H,9-10H2,1-2H3,(H2,17,18,19). The number of ether oxygens (including phenoxy) is 1. The molecule has 1 aromatic heterocycles. The highest BCUT2D eigenvalue weighted by molar-refractivity contribution is 5.60. The van der Waals surface area contributed by atoms with Gasteiger partial charge in [0.25, 0.3) is 0 Å². The molecule has 0 bridgehead atoms. The lowest BCUT2D eigenvalue weighted by molar-refractivity contribution is -0.00545. The zero-order valence-corrected chi connectivity index (χ0v) is 12.4. The van der Waals surface area contributed by atoms with Gasteiger partial charge in [0, 0.05) is 24.7 Å². The van der Waals surface area contributed by atoms with Crippen LogP contribution in [0.1, 0.15) is 13.8 Å². The van der Waals surface area contributed by atoms with Crippen LogP contribution in [-0.2, 0) is 4.74 Å². The van der Waals surface area contributed by atoms with Crippen molar-refractivity contribution in [1.82, 2.24) is 9.97 Å². The summed E-state index contributed by atoms with van der Waals surface area (Å²) in [5.41, 5.74) is 6.94. The van der Waals surface area contributed by atoms with Crippen molar-refractivity contribution in [1.29, 1.82) is 0 Å². The van der Waals surface area contributed by atoms with E-state index in [-0.39, 0.29) is 12.2 Å². The molecule has 3 rings (SSSR count). The van der Waals surface area contributed by atoms with Crippen molar-refractivity contribution in [3.63, 3.8) is 0 Å². The average molecular weight is 284 g/mol. The fourth-order valence-electron chi connectivity index (χ4n) is 2.70. The van der Waals surface area contributed by atoms with E-state index in [0.29, 0.717) is 11.6 Å². The van der Waals surface area contributed by atoms with Gasteiger partial charge in [0.1, 0.15) is 11.6 Å². The lowest BCUT2D eigenvalue weighted by Crippen LogP contribution is -2.45. The van der Waals surface area contributed by atoms with E-state index in [1.54, 1.807) is 0 Å². The second-order valence-electron chi connectivity index (χ2n) is 5.50. The molecule has 110 valence electrons. The monoisotopic (exact) mass is 284 g/mol. The average Bonchev–Trinajstić information content (AvgIpc) is 2.46. The Morgan fingerprint density at radius 1 is 1.10 bits per heavy atom. The summed E-state index contributed by atoms with van der Waals surface area (Å²) in [4.78, 5) is 11.2. The number of nitrogen functional groups attached to an aromatic ring is 1. The van der Waals surface area contributed by atoms with Gasteiger partial charge in [0.2, 0.25) is 0 Å². The molecule has 0 amide bonds. The molecule has 2 unspecified atom stereocenters. The lowest BCUT2D eigenvalue weighted by Gasteiger charge is -2.36. The minimum atomic E-state index is 0.185. The Kier molecular flexibility index (Phi) is 3.75. The van der Waals surface area contributed by atoms with Gasteiger partial charge in [-0.3, -0.25) is 0 Å². The summed E-state index contributed by atoms with van der Waals surface area (Å²) >= 11 is 0. The smallest absolute Gasteiger partial charge is 0.163 e. The minimum absolute atomic E-state index is 0.185. The summed E-state index contributed by atoms with van der Waals surface area (Å²) in [6.07, 6.45) is 0.371. The van der Waals surface area contributed by atoms with Gasteiger partial charge in [-0.15, -0.1) is 0 Å². The lowest BCUT2D eigenvalue weighted by atomic mass is 10.2. The number of hydrogen-bond acceptors (Lipinski definition) is 5. The van der Waals surface area contributed by atoms with Crippen molar-refractivity contribution in [2.24, 2.45) is 0 Å². The number of benzene rings is 1. The molecule has 1 fully saturated rings. The molecule has 1 saturated heterocycles. The number of nitrogens with two attached hydrogens (primary N) is 1. The van der Waals surface area contributed by atoms with Crippen molar-refractivity contribution in [2.45, 2.75) is 26.1 Å². The second kappa shape index (κ2) is 5.69. The quantitative estimate of drug-likeness (QED) is 0.917. The van der Waals surface area contributed by atoms with E-state index in [1.165, 1.54) is 0 Å². The van der Waals surface area contributed by atoms with Crippen molar-refractivity contribution < 1.29 is 4.74 Å². The van der Waals surface area contributed by atoms with E-state index in [4.69, 9.17) is 10.5 Å². The Hall–Kier alpha value is -2.14. The second-order valence-corrected chi connectivity index (χ2v) is 5.50. The summed E-state index contributed by atoms with van der Waals surface area (Å²) in [7, 11) is 0. The molecule has 0 radical (unpaired) electrons. The maximum atomic E-state index is 5.96. The van der Waals surface area contributed by atoms with Gasteiger partial charge in [0.15, 0.2) is 5.82 Å². The minimum Gasteiger partial charge on any atom is -0.384 e. The normalized spacial score (nSPS) is 22.3. The van der Waals surface area contributed by atoms with E-state index in [0.717, 1.165) is 24.5 Å². The molecule has 0 aliphatic carbocycles. The first-order chi connectivity index (χ1) is 10.1. The van der Waals surface area contributed by atoms with Crippen LogP contribution in [-0.4, -0.2) is 35.3 Å². The van der Waals surface area contributed by atoms with Crippen molar-refractivity contribution >= 4 is 11.6 Å². The highest BCUT2D eigenvalue weighted by Crippen LogP contribution is 2.23. The first-order valence-electron chi connectivity index (χ1n) is 7.22. The van der Waals surface area contributed by atoms with Gasteiger partial charge in [-0.2, -0.15) is 0 Å². The zero-order chi connectivity index (χ0) is 14.8. The Balaban J connectivity index is 1.94. The Bertz CT molecular complexity index is 607. The van der Waals surface area contributed by atoms with Crippen LogP contribution in [0.2, 0.25) is 0 Å². The first kappa shape index (κ1) is 13.8.